The Hall–Kier alpha value is -2.14. The molecule has 2 rings (SSSR count). The van der Waals surface area contributed by atoms with Crippen LogP contribution in [0, 0.1) is 5.82 Å². The second-order valence-electron chi connectivity index (χ2n) is 4.99. The van der Waals surface area contributed by atoms with E-state index in [1.807, 2.05) is 42.3 Å². The van der Waals surface area contributed by atoms with Crippen LogP contribution in [0.1, 0.15) is 11.1 Å². The number of methoxy groups -OCH3 is 1. The first-order valence-electron chi connectivity index (χ1n) is 6.95. The first kappa shape index (κ1) is 16.2. The van der Waals surface area contributed by atoms with E-state index in [2.05, 4.69) is 5.32 Å². The number of hydrogen-bond donors (Lipinski definition) is 1. The molecule has 0 spiro atoms. The van der Waals surface area contributed by atoms with Crippen LogP contribution < -0.4 is 10.1 Å². The standard InChI is InChI=1S/C17H19FN2OS/c1-20(12-14-4-3-5-15(18)10-14)17(22)19-11-13-6-8-16(21-2)9-7-13/h3-10H,11-12H2,1-2H3,(H,19,22). The van der Waals surface area contributed by atoms with Crippen molar-refractivity contribution >= 4 is 17.3 Å². The van der Waals surface area contributed by atoms with E-state index >= 15 is 0 Å². The van der Waals surface area contributed by atoms with E-state index < -0.39 is 0 Å². The SMILES string of the molecule is COc1ccc(CNC(=S)N(C)Cc2cccc(F)c2)cc1. The molecule has 2 aromatic carbocycles. The quantitative estimate of drug-likeness (QED) is 0.855. The molecule has 2 aromatic rings. The van der Waals surface area contributed by atoms with Crippen molar-refractivity contribution in [3.8, 4) is 5.75 Å². The van der Waals surface area contributed by atoms with Gasteiger partial charge >= 0.3 is 0 Å². The predicted molar refractivity (Wildman–Crippen MR) is 90.3 cm³/mol. The molecule has 22 heavy (non-hydrogen) atoms. The first-order chi connectivity index (χ1) is 10.6. The lowest BCUT2D eigenvalue weighted by Crippen LogP contribution is -2.36. The molecule has 0 unspecified atom stereocenters. The van der Waals surface area contributed by atoms with Crippen LogP contribution in [0.4, 0.5) is 4.39 Å². The Morgan fingerprint density at radius 1 is 1.18 bits per heavy atom. The van der Waals surface area contributed by atoms with Crippen LogP contribution in [0.2, 0.25) is 0 Å². The van der Waals surface area contributed by atoms with E-state index in [1.54, 1.807) is 13.2 Å². The summed E-state index contributed by atoms with van der Waals surface area (Å²) < 4.78 is 18.3. The minimum Gasteiger partial charge on any atom is -0.497 e. The van der Waals surface area contributed by atoms with Crippen LogP contribution in [0.5, 0.6) is 5.75 Å². The zero-order valence-electron chi connectivity index (χ0n) is 12.7. The number of rotatable bonds is 5. The van der Waals surface area contributed by atoms with Gasteiger partial charge in [0.2, 0.25) is 0 Å². The monoisotopic (exact) mass is 318 g/mol. The Morgan fingerprint density at radius 2 is 1.91 bits per heavy atom. The molecule has 0 aliphatic heterocycles. The van der Waals surface area contributed by atoms with Crippen LogP contribution >= 0.6 is 12.2 Å². The van der Waals surface area contributed by atoms with Crippen molar-refractivity contribution in [3.05, 3.63) is 65.5 Å². The minimum atomic E-state index is -0.233. The van der Waals surface area contributed by atoms with Crippen LogP contribution in [-0.2, 0) is 13.1 Å². The van der Waals surface area contributed by atoms with Gasteiger partial charge in [-0.1, -0.05) is 24.3 Å². The van der Waals surface area contributed by atoms with Gasteiger partial charge in [0.05, 0.1) is 7.11 Å². The van der Waals surface area contributed by atoms with Crippen molar-refractivity contribution in [1.82, 2.24) is 10.2 Å². The highest BCUT2D eigenvalue weighted by molar-refractivity contribution is 7.80. The number of nitrogens with zero attached hydrogens (tertiary/aromatic N) is 1. The zero-order chi connectivity index (χ0) is 15.9. The van der Waals surface area contributed by atoms with Gasteiger partial charge < -0.3 is 15.0 Å². The van der Waals surface area contributed by atoms with E-state index in [0.717, 1.165) is 16.9 Å². The fourth-order valence-electron chi connectivity index (χ4n) is 2.04. The zero-order valence-corrected chi connectivity index (χ0v) is 13.5. The summed E-state index contributed by atoms with van der Waals surface area (Å²) in [6.45, 7) is 1.20. The van der Waals surface area contributed by atoms with Gasteiger partial charge in [-0.05, 0) is 47.6 Å². The molecule has 0 saturated carbocycles. The highest BCUT2D eigenvalue weighted by Gasteiger charge is 2.06. The van der Waals surface area contributed by atoms with Gasteiger partial charge in [-0.15, -0.1) is 0 Å². The van der Waals surface area contributed by atoms with E-state index in [1.165, 1.54) is 12.1 Å². The smallest absolute Gasteiger partial charge is 0.169 e. The van der Waals surface area contributed by atoms with Crippen LogP contribution in [0.25, 0.3) is 0 Å². The van der Waals surface area contributed by atoms with E-state index in [9.17, 15) is 4.39 Å². The summed E-state index contributed by atoms with van der Waals surface area (Å²) in [7, 11) is 3.53. The van der Waals surface area contributed by atoms with E-state index in [4.69, 9.17) is 17.0 Å². The minimum absolute atomic E-state index is 0.233. The van der Waals surface area contributed by atoms with Crippen molar-refractivity contribution < 1.29 is 9.13 Å². The molecule has 0 saturated heterocycles. The second kappa shape index (κ2) is 7.75. The average molecular weight is 318 g/mol. The Morgan fingerprint density at radius 3 is 2.55 bits per heavy atom. The molecule has 3 nitrogen and oxygen atoms in total. The third kappa shape index (κ3) is 4.70. The highest BCUT2D eigenvalue weighted by Crippen LogP contribution is 2.11. The summed E-state index contributed by atoms with van der Waals surface area (Å²) >= 11 is 5.35. The number of nitrogens with one attached hydrogen (secondary N) is 1. The summed E-state index contributed by atoms with van der Waals surface area (Å²) in [6.07, 6.45) is 0. The Bertz CT molecular complexity index is 631. The molecular weight excluding hydrogens is 299 g/mol. The van der Waals surface area contributed by atoms with Crippen LogP contribution in [-0.4, -0.2) is 24.2 Å². The fourth-order valence-corrected chi connectivity index (χ4v) is 2.17. The number of ether oxygens (including phenoxy) is 1. The Balaban J connectivity index is 1.85. The number of hydrogen-bond acceptors (Lipinski definition) is 2. The molecule has 5 heteroatoms. The van der Waals surface area contributed by atoms with E-state index in [0.29, 0.717) is 18.2 Å². The average Bonchev–Trinajstić information content (AvgIpc) is 2.53. The molecule has 0 aromatic heterocycles. The van der Waals surface area contributed by atoms with Crippen molar-refractivity contribution in [3.63, 3.8) is 0 Å². The van der Waals surface area contributed by atoms with Crippen LogP contribution in [0.3, 0.4) is 0 Å². The largest absolute Gasteiger partial charge is 0.497 e. The van der Waals surface area contributed by atoms with Gasteiger partial charge in [-0.2, -0.15) is 0 Å². The highest BCUT2D eigenvalue weighted by atomic mass is 32.1. The maximum atomic E-state index is 13.2. The lowest BCUT2D eigenvalue weighted by atomic mass is 10.2. The maximum Gasteiger partial charge on any atom is 0.169 e. The molecule has 0 amide bonds. The predicted octanol–water partition coefficient (Wildman–Crippen LogP) is 3.34. The van der Waals surface area contributed by atoms with Crippen LogP contribution in [0.15, 0.2) is 48.5 Å². The summed E-state index contributed by atoms with van der Waals surface area (Å²) in [6, 6.07) is 14.3. The van der Waals surface area contributed by atoms with Crippen molar-refractivity contribution in [2.75, 3.05) is 14.2 Å². The second-order valence-corrected chi connectivity index (χ2v) is 5.38. The summed E-state index contributed by atoms with van der Waals surface area (Å²) in [4.78, 5) is 1.88. The number of thiocarbonyl (C=S) groups is 1. The summed E-state index contributed by atoms with van der Waals surface area (Å²) in [5, 5.41) is 3.82. The molecule has 0 radical (unpaired) electrons. The van der Waals surface area contributed by atoms with Gasteiger partial charge in [0.15, 0.2) is 5.11 Å². The molecule has 0 bridgehead atoms. The fraction of sp³-hybridized carbons (Fsp3) is 0.235. The molecule has 0 fully saturated rings. The normalized spacial score (nSPS) is 10.1. The maximum absolute atomic E-state index is 13.2. The molecule has 116 valence electrons. The Kier molecular flexibility index (Phi) is 5.72. The van der Waals surface area contributed by atoms with Gasteiger partial charge in [0.1, 0.15) is 11.6 Å². The topological polar surface area (TPSA) is 24.5 Å². The third-order valence-electron chi connectivity index (χ3n) is 3.26. The number of benzene rings is 2. The van der Waals surface area contributed by atoms with Gasteiger partial charge in [0, 0.05) is 20.1 Å². The first-order valence-corrected chi connectivity index (χ1v) is 7.35. The summed E-state index contributed by atoms with van der Waals surface area (Å²) in [5.41, 5.74) is 2.00. The van der Waals surface area contributed by atoms with E-state index in [-0.39, 0.29) is 5.82 Å². The molecule has 1 N–H and O–H groups in total. The summed E-state index contributed by atoms with van der Waals surface area (Å²) in [5.74, 6) is 0.595. The lowest BCUT2D eigenvalue weighted by Gasteiger charge is -2.21. The lowest BCUT2D eigenvalue weighted by molar-refractivity contribution is 0.414. The molecule has 0 aliphatic carbocycles. The molecule has 0 aliphatic rings. The Labute approximate surface area is 135 Å². The van der Waals surface area contributed by atoms with Crippen molar-refractivity contribution in [1.29, 1.82) is 0 Å². The molecular formula is C17H19FN2OS. The third-order valence-corrected chi connectivity index (χ3v) is 3.71. The number of halogens is 1. The van der Waals surface area contributed by atoms with Crippen molar-refractivity contribution in [2.24, 2.45) is 0 Å². The molecule has 0 heterocycles. The van der Waals surface area contributed by atoms with Gasteiger partial charge in [0.25, 0.3) is 0 Å². The van der Waals surface area contributed by atoms with Crippen molar-refractivity contribution in [2.45, 2.75) is 13.1 Å². The van der Waals surface area contributed by atoms with Gasteiger partial charge in [-0.3, -0.25) is 0 Å². The molecule has 0 atom stereocenters. The van der Waals surface area contributed by atoms with Gasteiger partial charge in [-0.25, -0.2) is 4.39 Å².